The van der Waals surface area contributed by atoms with E-state index in [9.17, 15) is 4.79 Å². The lowest BCUT2D eigenvalue weighted by atomic mass is 9.67. The van der Waals surface area contributed by atoms with E-state index in [-0.39, 0.29) is 16.9 Å². The van der Waals surface area contributed by atoms with Crippen LogP contribution in [0.5, 0.6) is 5.75 Å². The monoisotopic (exact) mass is 381 g/mol. The molecule has 1 N–H and O–H groups in total. The van der Waals surface area contributed by atoms with Gasteiger partial charge in [0.05, 0.1) is 12.7 Å². The van der Waals surface area contributed by atoms with E-state index in [1.165, 1.54) is 11.1 Å². The van der Waals surface area contributed by atoms with Crippen molar-refractivity contribution in [3.05, 3.63) is 65.2 Å². The Labute approximate surface area is 168 Å². The van der Waals surface area contributed by atoms with E-state index in [0.29, 0.717) is 12.1 Å². The average molecular weight is 382 g/mol. The first kappa shape index (κ1) is 20.4. The maximum atomic E-state index is 12.5. The van der Waals surface area contributed by atoms with Crippen molar-refractivity contribution in [1.29, 1.82) is 0 Å². The van der Waals surface area contributed by atoms with Gasteiger partial charge in [-0.1, -0.05) is 29.8 Å². The number of amides is 1. The number of rotatable bonds is 6. The molecule has 1 heterocycles. The molecule has 1 aliphatic heterocycles. The van der Waals surface area contributed by atoms with Crippen molar-refractivity contribution in [3.63, 3.8) is 0 Å². The van der Waals surface area contributed by atoms with Crippen molar-refractivity contribution in [1.82, 2.24) is 5.32 Å². The van der Waals surface area contributed by atoms with Crippen LogP contribution in [0, 0.1) is 6.92 Å². The van der Waals surface area contributed by atoms with Gasteiger partial charge in [-0.3, -0.25) is 4.79 Å². The number of carbonyl (C=O) groups excluding carboxylic acids is 1. The van der Waals surface area contributed by atoms with Gasteiger partial charge in [0, 0.05) is 24.1 Å². The fourth-order valence-electron chi connectivity index (χ4n) is 4.25. The zero-order valence-electron chi connectivity index (χ0n) is 17.4. The van der Waals surface area contributed by atoms with Crippen LogP contribution in [0.4, 0.5) is 0 Å². The summed E-state index contributed by atoms with van der Waals surface area (Å²) in [5.41, 5.74) is 3.11. The lowest BCUT2D eigenvalue weighted by molar-refractivity contribution is -0.0838. The molecule has 0 aliphatic carbocycles. The van der Waals surface area contributed by atoms with Crippen LogP contribution in [0.15, 0.2) is 48.5 Å². The van der Waals surface area contributed by atoms with Gasteiger partial charge in [0.25, 0.3) is 5.91 Å². The summed E-state index contributed by atoms with van der Waals surface area (Å²) in [6.07, 6.45) is 2.81. The third kappa shape index (κ3) is 4.74. The molecular weight excluding hydrogens is 350 g/mol. The van der Waals surface area contributed by atoms with E-state index in [0.717, 1.165) is 31.6 Å². The topological polar surface area (TPSA) is 47.6 Å². The van der Waals surface area contributed by atoms with Crippen LogP contribution < -0.4 is 10.1 Å². The highest BCUT2D eigenvalue weighted by Crippen LogP contribution is 2.43. The predicted molar refractivity (Wildman–Crippen MR) is 112 cm³/mol. The third-order valence-corrected chi connectivity index (χ3v) is 5.74. The normalized spacial score (nSPS) is 21.1. The lowest BCUT2D eigenvalue weighted by Crippen LogP contribution is -2.45. The van der Waals surface area contributed by atoms with Gasteiger partial charge in [-0.05, 0) is 69.9 Å². The molecule has 1 saturated heterocycles. The van der Waals surface area contributed by atoms with E-state index in [4.69, 9.17) is 9.47 Å². The van der Waals surface area contributed by atoms with Gasteiger partial charge in [0.15, 0.2) is 0 Å². The first-order valence-electron chi connectivity index (χ1n) is 9.97. The highest BCUT2D eigenvalue weighted by atomic mass is 16.5. The molecule has 2 aromatic rings. The van der Waals surface area contributed by atoms with Crippen molar-refractivity contribution in [2.45, 2.75) is 51.0 Å². The quantitative estimate of drug-likeness (QED) is 0.792. The van der Waals surface area contributed by atoms with Crippen LogP contribution in [-0.4, -0.2) is 31.8 Å². The Morgan fingerprint density at radius 2 is 1.79 bits per heavy atom. The Balaban J connectivity index is 1.71. The second-order valence-corrected chi connectivity index (χ2v) is 8.42. The Hall–Kier alpha value is -2.33. The van der Waals surface area contributed by atoms with Gasteiger partial charge >= 0.3 is 0 Å². The van der Waals surface area contributed by atoms with Gasteiger partial charge in [0.2, 0.25) is 0 Å². The smallest absolute Gasteiger partial charge is 0.251 e. The van der Waals surface area contributed by atoms with Crippen LogP contribution in [0.1, 0.15) is 54.6 Å². The van der Waals surface area contributed by atoms with E-state index < -0.39 is 0 Å². The highest BCUT2D eigenvalue weighted by Gasteiger charge is 2.41. The molecule has 0 bridgehead atoms. The summed E-state index contributed by atoms with van der Waals surface area (Å²) in [7, 11) is 1.62. The minimum atomic E-state index is -0.164. The van der Waals surface area contributed by atoms with Gasteiger partial charge in [-0.25, -0.2) is 0 Å². The van der Waals surface area contributed by atoms with Gasteiger partial charge in [-0.15, -0.1) is 0 Å². The summed E-state index contributed by atoms with van der Waals surface area (Å²) >= 11 is 0. The molecule has 4 nitrogen and oxygen atoms in total. The largest absolute Gasteiger partial charge is 0.497 e. The summed E-state index contributed by atoms with van der Waals surface area (Å²) in [5, 5.41) is 3.10. The van der Waals surface area contributed by atoms with Crippen LogP contribution in [0.3, 0.4) is 0 Å². The number of hydrogen-bond acceptors (Lipinski definition) is 3. The Bertz CT molecular complexity index is 796. The first-order valence-corrected chi connectivity index (χ1v) is 9.97. The molecule has 1 fully saturated rings. The zero-order valence-corrected chi connectivity index (χ0v) is 17.4. The minimum absolute atomic E-state index is 0.0165. The van der Waals surface area contributed by atoms with Crippen LogP contribution in [0.25, 0.3) is 0 Å². The van der Waals surface area contributed by atoms with E-state index in [2.05, 4.69) is 50.4 Å². The molecule has 28 heavy (non-hydrogen) atoms. The average Bonchev–Trinajstić information content (AvgIpc) is 2.67. The van der Waals surface area contributed by atoms with E-state index in [1.807, 2.05) is 12.1 Å². The summed E-state index contributed by atoms with van der Waals surface area (Å²) in [5.74, 6) is 0.701. The van der Waals surface area contributed by atoms with Crippen LogP contribution >= 0.6 is 0 Å². The second kappa shape index (κ2) is 8.36. The van der Waals surface area contributed by atoms with Crippen molar-refractivity contribution < 1.29 is 14.3 Å². The number of ether oxygens (including phenoxy) is 2. The molecular formula is C24H31NO3. The molecule has 2 aromatic carbocycles. The molecule has 150 valence electrons. The molecule has 3 rings (SSSR count). The Kier molecular flexibility index (Phi) is 6.09. The molecule has 1 atom stereocenters. The molecule has 4 heteroatoms. The zero-order chi connectivity index (χ0) is 20.2. The van der Waals surface area contributed by atoms with E-state index in [1.54, 1.807) is 19.2 Å². The maximum Gasteiger partial charge on any atom is 0.251 e. The maximum absolute atomic E-state index is 12.5. The fourth-order valence-corrected chi connectivity index (χ4v) is 4.25. The van der Waals surface area contributed by atoms with Gasteiger partial charge in [-0.2, -0.15) is 0 Å². The number of methoxy groups -OCH3 is 1. The van der Waals surface area contributed by atoms with Crippen molar-refractivity contribution >= 4 is 5.91 Å². The molecule has 0 aromatic heterocycles. The number of aryl methyl sites for hydroxylation is 1. The van der Waals surface area contributed by atoms with Crippen molar-refractivity contribution in [2.24, 2.45) is 0 Å². The van der Waals surface area contributed by atoms with Crippen LogP contribution in [0.2, 0.25) is 0 Å². The molecule has 1 amide bonds. The number of nitrogens with one attached hydrogen (secondary N) is 1. The number of carbonyl (C=O) groups is 1. The summed E-state index contributed by atoms with van der Waals surface area (Å²) in [6, 6.07) is 16.0. The third-order valence-electron chi connectivity index (χ3n) is 5.74. The van der Waals surface area contributed by atoms with E-state index >= 15 is 0 Å². The highest BCUT2D eigenvalue weighted by molar-refractivity contribution is 5.94. The van der Waals surface area contributed by atoms with Crippen LogP contribution in [-0.2, 0) is 10.2 Å². The fraction of sp³-hybridized carbons (Fsp3) is 0.458. The molecule has 0 radical (unpaired) electrons. The second-order valence-electron chi connectivity index (χ2n) is 8.42. The number of benzene rings is 2. The first-order chi connectivity index (χ1) is 13.3. The number of hydrogen-bond donors (Lipinski definition) is 1. The summed E-state index contributed by atoms with van der Waals surface area (Å²) in [6.45, 7) is 7.80. The Morgan fingerprint density at radius 1 is 1.11 bits per heavy atom. The lowest BCUT2D eigenvalue weighted by Gasteiger charge is -2.45. The van der Waals surface area contributed by atoms with Crippen molar-refractivity contribution in [2.75, 3.05) is 20.3 Å². The predicted octanol–water partition coefficient (Wildman–Crippen LogP) is 4.65. The molecule has 0 saturated carbocycles. The standard InChI is InChI=1S/C24H31NO3/c1-18-5-9-20(10-6-18)24(14-16-28-23(2,3)17-24)13-15-25-22(26)19-7-11-21(27-4)12-8-19/h5-12H,13-17H2,1-4H3,(H,25,26)/t24-/m0/s1. The van der Waals surface area contributed by atoms with Gasteiger partial charge in [0.1, 0.15) is 5.75 Å². The van der Waals surface area contributed by atoms with Crippen molar-refractivity contribution in [3.8, 4) is 5.75 Å². The SMILES string of the molecule is COc1ccc(C(=O)NCC[C@]2(c3ccc(C)cc3)CCOC(C)(C)C2)cc1. The summed E-state index contributed by atoms with van der Waals surface area (Å²) in [4.78, 5) is 12.5. The van der Waals surface area contributed by atoms with Gasteiger partial charge < -0.3 is 14.8 Å². The molecule has 0 spiro atoms. The Morgan fingerprint density at radius 3 is 2.39 bits per heavy atom. The summed E-state index contributed by atoms with van der Waals surface area (Å²) < 4.78 is 11.1. The molecule has 0 unspecified atom stereocenters. The molecule has 1 aliphatic rings. The minimum Gasteiger partial charge on any atom is -0.497 e.